The number of likely N-dealkylation sites (tertiary alicyclic amines) is 1. The van der Waals surface area contributed by atoms with Crippen LogP contribution in [-0.4, -0.2) is 40.6 Å². The highest BCUT2D eigenvalue weighted by Crippen LogP contribution is 2.22. The van der Waals surface area contributed by atoms with Crippen molar-refractivity contribution >= 4 is 17.6 Å². The van der Waals surface area contributed by atoms with E-state index in [0.717, 1.165) is 36.3 Å². The second kappa shape index (κ2) is 8.70. The zero-order valence-corrected chi connectivity index (χ0v) is 15.8. The molecule has 7 nitrogen and oxygen atoms in total. The van der Waals surface area contributed by atoms with Gasteiger partial charge in [-0.3, -0.25) is 14.7 Å². The number of unbranched alkanes of at least 4 members (excludes halogenated alkanes) is 1. The van der Waals surface area contributed by atoms with Crippen LogP contribution in [0, 0.1) is 5.92 Å². The van der Waals surface area contributed by atoms with Crippen LogP contribution < -0.4 is 10.1 Å². The minimum Gasteiger partial charge on any atom is -0.497 e. The highest BCUT2D eigenvalue weighted by molar-refractivity contribution is 5.96. The fraction of sp³-hybridized carbons (Fsp3) is 0.450. The molecule has 0 unspecified atom stereocenters. The zero-order valence-electron chi connectivity index (χ0n) is 15.8. The summed E-state index contributed by atoms with van der Waals surface area (Å²) in [6.45, 7) is 3.05. The molecule has 2 aromatic rings. The number of ether oxygens (including phenoxy) is 1. The van der Waals surface area contributed by atoms with Gasteiger partial charge in [0.15, 0.2) is 5.82 Å². The van der Waals surface area contributed by atoms with Crippen LogP contribution in [0.15, 0.2) is 30.3 Å². The molecule has 2 heterocycles. The molecular weight excluding hydrogens is 344 g/mol. The summed E-state index contributed by atoms with van der Waals surface area (Å²) in [5.41, 5.74) is 2.02. The molecule has 0 aliphatic carbocycles. The number of amides is 2. The van der Waals surface area contributed by atoms with E-state index in [0.29, 0.717) is 18.9 Å². The van der Waals surface area contributed by atoms with Crippen LogP contribution in [0.3, 0.4) is 0 Å². The summed E-state index contributed by atoms with van der Waals surface area (Å²) in [5, 5.41) is 9.90. The summed E-state index contributed by atoms with van der Waals surface area (Å²) < 4.78 is 5.15. The number of H-pyrrole nitrogens is 1. The average Bonchev–Trinajstić information content (AvgIpc) is 3.27. The Morgan fingerprint density at radius 3 is 2.85 bits per heavy atom. The first-order valence-corrected chi connectivity index (χ1v) is 9.35. The van der Waals surface area contributed by atoms with E-state index >= 15 is 0 Å². The van der Waals surface area contributed by atoms with Gasteiger partial charge in [0.2, 0.25) is 11.8 Å². The van der Waals surface area contributed by atoms with Crippen molar-refractivity contribution in [2.24, 2.45) is 5.92 Å². The molecule has 1 aromatic carbocycles. The number of hydrogen-bond acceptors (Lipinski definition) is 4. The summed E-state index contributed by atoms with van der Waals surface area (Å²) in [4.78, 5) is 26.5. The standard InChI is InChI=1S/C20H26N4O3/c1-3-4-5-16-11-18(23-22-16)21-20(26)15-10-19(25)24(13-15)12-14-6-8-17(27-2)9-7-14/h6-9,11,15H,3-5,10,12-13H2,1-2H3,(H2,21,22,23,26)/t15-/m1/s1. The number of aromatic amines is 1. The molecule has 1 saturated heterocycles. The van der Waals surface area contributed by atoms with Crippen LogP contribution in [0.5, 0.6) is 5.75 Å². The Hall–Kier alpha value is -2.83. The zero-order chi connectivity index (χ0) is 19.2. The number of hydrogen-bond donors (Lipinski definition) is 2. The highest BCUT2D eigenvalue weighted by atomic mass is 16.5. The molecule has 2 amide bonds. The smallest absolute Gasteiger partial charge is 0.230 e. The first-order chi connectivity index (χ1) is 13.1. The number of rotatable bonds is 8. The van der Waals surface area contributed by atoms with Gasteiger partial charge in [0.25, 0.3) is 0 Å². The van der Waals surface area contributed by atoms with E-state index in [-0.39, 0.29) is 24.2 Å². The van der Waals surface area contributed by atoms with Crippen molar-refractivity contribution < 1.29 is 14.3 Å². The van der Waals surface area contributed by atoms with Crippen LogP contribution in [0.1, 0.15) is 37.4 Å². The quantitative estimate of drug-likeness (QED) is 0.748. The largest absolute Gasteiger partial charge is 0.497 e. The SMILES string of the molecule is CCCCc1cc(NC(=O)[C@@H]2CC(=O)N(Cc3ccc(OC)cc3)C2)n[nH]1. The lowest BCUT2D eigenvalue weighted by atomic mass is 10.1. The lowest BCUT2D eigenvalue weighted by Crippen LogP contribution is -2.28. The van der Waals surface area contributed by atoms with Gasteiger partial charge >= 0.3 is 0 Å². The molecule has 27 heavy (non-hydrogen) atoms. The summed E-state index contributed by atoms with van der Waals surface area (Å²) in [6.07, 6.45) is 3.33. The van der Waals surface area contributed by atoms with Crippen LogP contribution in [0.4, 0.5) is 5.82 Å². The summed E-state index contributed by atoms with van der Waals surface area (Å²) in [6, 6.07) is 9.46. The summed E-state index contributed by atoms with van der Waals surface area (Å²) in [7, 11) is 1.62. The molecule has 1 aromatic heterocycles. The topological polar surface area (TPSA) is 87.3 Å². The van der Waals surface area contributed by atoms with Crippen molar-refractivity contribution in [1.82, 2.24) is 15.1 Å². The van der Waals surface area contributed by atoms with Crippen LogP contribution in [0.2, 0.25) is 0 Å². The number of carbonyl (C=O) groups is 2. The van der Waals surface area contributed by atoms with E-state index in [1.807, 2.05) is 30.3 Å². The molecule has 1 aliphatic rings. The minimum absolute atomic E-state index is 0.00312. The molecular formula is C20H26N4O3. The van der Waals surface area contributed by atoms with Gasteiger partial charge < -0.3 is 15.0 Å². The highest BCUT2D eigenvalue weighted by Gasteiger charge is 2.34. The van der Waals surface area contributed by atoms with E-state index in [1.54, 1.807) is 12.0 Å². The third-order valence-corrected chi connectivity index (χ3v) is 4.80. The monoisotopic (exact) mass is 370 g/mol. The molecule has 0 bridgehead atoms. The number of carbonyl (C=O) groups excluding carboxylic acids is 2. The number of nitrogens with zero attached hydrogens (tertiary/aromatic N) is 2. The maximum Gasteiger partial charge on any atom is 0.230 e. The van der Waals surface area contributed by atoms with Crippen LogP contribution in [0.25, 0.3) is 0 Å². The normalized spacial score (nSPS) is 16.6. The molecule has 1 aliphatic heterocycles. The molecule has 3 rings (SSSR count). The Morgan fingerprint density at radius 2 is 2.15 bits per heavy atom. The Morgan fingerprint density at radius 1 is 1.37 bits per heavy atom. The number of methoxy groups -OCH3 is 1. The summed E-state index contributed by atoms with van der Waals surface area (Å²) in [5.74, 6) is 0.783. The fourth-order valence-electron chi connectivity index (χ4n) is 3.20. The maximum absolute atomic E-state index is 12.5. The third kappa shape index (κ3) is 4.87. The summed E-state index contributed by atoms with van der Waals surface area (Å²) >= 11 is 0. The first kappa shape index (κ1) is 18.9. The van der Waals surface area contributed by atoms with Gasteiger partial charge in [-0.05, 0) is 30.5 Å². The van der Waals surface area contributed by atoms with E-state index in [9.17, 15) is 9.59 Å². The molecule has 7 heteroatoms. The molecule has 0 radical (unpaired) electrons. The number of anilines is 1. The molecule has 0 spiro atoms. The molecule has 2 N–H and O–H groups in total. The predicted octanol–water partition coefficient (Wildman–Crippen LogP) is 2.75. The van der Waals surface area contributed by atoms with Crippen molar-refractivity contribution in [2.45, 2.75) is 39.2 Å². The molecule has 1 fully saturated rings. The van der Waals surface area contributed by atoms with Gasteiger partial charge in [0.1, 0.15) is 5.75 Å². The van der Waals surface area contributed by atoms with Gasteiger partial charge in [-0.15, -0.1) is 0 Å². The fourth-order valence-corrected chi connectivity index (χ4v) is 3.20. The molecule has 144 valence electrons. The van der Waals surface area contributed by atoms with E-state index in [2.05, 4.69) is 22.4 Å². The Bertz CT molecular complexity index is 785. The lowest BCUT2D eigenvalue weighted by Gasteiger charge is -2.16. The number of nitrogens with one attached hydrogen (secondary N) is 2. The number of aromatic nitrogens is 2. The Balaban J connectivity index is 1.54. The van der Waals surface area contributed by atoms with E-state index < -0.39 is 0 Å². The Kier molecular flexibility index (Phi) is 6.11. The minimum atomic E-state index is -0.355. The van der Waals surface area contributed by atoms with Gasteiger partial charge in [-0.2, -0.15) is 5.10 Å². The third-order valence-electron chi connectivity index (χ3n) is 4.80. The number of aryl methyl sites for hydroxylation is 1. The predicted molar refractivity (Wildman–Crippen MR) is 102 cm³/mol. The Labute approximate surface area is 159 Å². The average molecular weight is 370 g/mol. The maximum atomic E-state index is 12.5. The molecule has 1 atom stereocenters. The van der Waals surface area contributed by atoms with Crippen LogP contribution in [-0.2, 0) is 22.6 Å². The van der Waals surface area contributed by atoms with E-state index in [1.165, 1.54) is 0 Å². The lowest BCUT2D eigenvalue weighted by molar-refractivity contribution is -0.128. The molecule has 0 saturated carbocycles. The van der Waals surface area contributed by atoms with Gasteiger partial charge in [-0.25, -0.2) is 0 Å². The van der Waals surface area contributed by atoms with E-state index in [4.69, 9.17) is 4.74 Å². The first-order valence-electron chi connectivity index (χ1n) is 9.35. The van der Waals surface area contributed by atoms with Gasteiger partial charge in [0.05, 0.1) is 13.0 Å². The van der Waals surface area contributed by atoms with Crippen molar-refractivity contribution in [1.29, 1.82) is 0 Å². The van der Waals surface area contributed by atoms with Crippen molar-refractivity contribution in [3.8, 4) is 5.75 Å². The van der Waals surface area contributed by atoms with Crippen LogP contribution >= 0.6 is 0 Å². The second-order valence-electron chi connectivity index (χ2n) is 6.89. The van der Waals surface area contributed by atoms with Gasteiger partial charge in [0, 0.05) is 31.3 Å². The van der Waals surface area contributed by atoms with Crippen molar-refractivity contribution in [2.75, 3.05) is 19.0 Å². The number of benzene rings is 1. The van der Waals surface area contributed by atoms with Crippen molar-refractivity contribution in [3.05, 3.63) is 41.6 Å². The van der Waals surface area contributed by atoms with Gasteiger partial charge in [-0.1, -0.05) is 25.5 Å². The van der Waals surface area contributed by atoms with Crippen molar-refractivity contribution in [3.63, 3.8) is 0 Å². The second-order valence-corrected chi connectivity index (χ2v) is 6.89.